The predicted octanol–water partition coefficient (Wildman–Crippen LogP) is 4.32. The van der Waals surface area contributed by atoms with Gasteiger partial charge in [-0.3, -0.25) is 19.5 Å². The number of amides is 2. The van der Waals surface area contributed by atoms with Crippen LogP contribution in [0.15, 0.2) is 54.7 Å². The quantitative estimate of drug-likeness (QED) is 0.623. The highest BCUT2D eigenvalue weighted by Crippen LogP contribution is 2.29. The SMILES string of the molecule is Cc1cc(NC(=O)c2ccccc2Cl)sc1C(=O)N1CCN(Cc2ccccn2)CC1. The monoisotopic (exact) mass is 454 g/mol. The van der Waals surface area contributed by atoms with Crippen LogP contribution in [0.5, 0.6) is 0 Å². The van der Waals surface area contributed by atoms with E-state index < -0.39 is 0 Å². The lowest BCUT2D eigenvalue weighted by Crippen LogP contribution is -2.48. The number of carbonyl (C=O) groups is 2. The van der Waals surface area contributed by atoms with Crippen molar-refractivity contribution in [2.24, 2.45) is 0 Å². The number of aryl methyl sites for hydroxylation is 1. The summed E-state index contributed by atoms with van der Waals surface area (Å²) in [6, 6.07) is 14.7. The molecular weight excluding hydrogens is 432 g/mol. The average Bonchev–Trinajstić information content (AvgIpc) is 3.14. The van der Waals surface area contributed by atoms with Crippen LogP contribution in [0.2, 0.25) is 5.02 Å². The highest BCUT2D eigenvalue weighted by atomic mass is 35.5. The van der Waals surface area contributed by atoms with Crippen molar-refractivity contribution in [1.82, 2.24) is 14.8 Å². The zero-order valence-electron chi connectivity index (χ0n) is 17.2. The van der Waals surface area contributed by atoms with Gasteiger partial charge in [-0.15, -0.1) is 11.3 Å². The topological polar surface area (TPSA) is 65.5 Å². The van der Waals surface area contributed by atoms with Crippen LogP contribution >= 0.6 is 22.9 Å². The first-order valence-electron chi connectivity index (χ1n) is 10.1. The third-order valence-electron chi connectivity index (χ3n) is 5.24. The molecule has 1 aromatic carbocycles. The van der Waals surface area contributed by atoms with E-state index in [4.69, 9.17) is 11.6 Å². The number of carbonyl (C=O) groups excluding carboxylic acids is 2. The number of thiophene rings is 1. The number of hydrogen-bond donors (Lipinski definition) is 1. The Morgan fingerprint density at radius 2 is 1.84 bits per heavy atom. The van der Waals surface area contributed by atoms with Crippen molar-refractivity contribution in [3.8, 4) is 0 Å². The minimum Gasteiger partial charge on any atom is -0.335 e. The number of benzene rings is 1. The Morgan fingerprint density at radius 1 is 1.10 bits per heavy atom. The molecule has 160 valence electrons. The molecule has 0 spiro atoms. The van der Waals surface area contributed by atoms with E-state index in [0.717, 1.165) is 30.9 Å². The van der Waals surface area contributed by atoms with E-state index >= 15 is 0 Å². The van der Waals surface area contributed by atoms with E-state index in [9.17, 15) is 9.59 Å². The molecular formula is C23H23ClN4O2S. The maximum atomic E-state index is 13.1. The summed E-state index contributed by atoms with van der Waals surface area (Å²) in [5.41, 5.74) is 2.31. The van der Waals surface area contributed by atoms with Crippen LogP contribution in [0.25, 0.3) is 0 Å². The number of piperazine rings is 1. The first-order valence-corrected chi connectivity index (χ1v) is 11.3. The lowest BCUT2D eigenvalue weighted by molar-refractivity contribution is 0.0631. The van der Waals surface area contributed by atoms with Crippen molar-refractivity contribution in [2.75, 3.05) is 31.5 Å². The Balaban J connectivity index is 1.37. The molecule has 8 heteroatoms. The zero-order valence-corrected chi connectivity index (χ0v) is 18.7. The van der Waals surface area contributed by atoms with Crippen molar-refractivity contribution in [3.05, 3.63) is 81.4 Å². The van der Waals surface area contributed by atoms with Gasteiger partial charge in [-0.25, -0.2) is 0 Å². The summed E-state index contributed by atoms with van der Waals surface area (Å²) in [4.78, 5) is 34.8. The third-order valence-corrected chi connectivity index (χ3v) is 6.71. The minimum atomic E-state index is -0.283. The van der Waals surface area contributed by atoms with Crippen molar-refractivity contribution in [2.45, 2.75) is 13.5 Å². The normalized spacial score (nSPS) is 14.5. The molecule has 2 amide bonds. The van der Waals surface area contributed by atoms with Crippen molar-refractivity contribution < 1.29 is 9.59 Å². The van der Waals surface area contributed by atoms with Crippen molar-refractivity contribution in [1.29, 1.82) is 0 Å². The summed E-state index contributed by atoms with van der Waals surface area (Å²) in [5, 5.41) is 3.90. The Hall–Kier alpha value is -2.74. The Kier molecular flexibility index (Phi) is 6.65. The first-order chi connectivity index (χ1) is 15.0. The van der Waals surface area contributed by atoms with E-state index in [1.54, 1.807) is 30.5 Å². The first kappa shape index (κ1) is 21.5. The van der Waals surface area contributed by atoms with Gasteiger partial charge in [0.25, 0.3) is 11.8 Å². The number of aromatic nitrogens is 1. The van der Waals surface area contributed by atoms with Crippen LogP contribution in [0.3, 0.4) is 0 Å². The van der Waals surface area contributed by atoms with Crippen molar-refractivity contribution >= 4 is 39.8 Å². The van der Waals surface area contributed by atoms with E-state index in [0.29, 0.717) is 33.6 Å². The molecule has 3 aromatic rings. The smallest absolute Gasteiger partial charge is 0.264 e. The van der Waals surface area contributed by atoms with Crippen LogP contribution in [-0.4, -0.2) is 52.8 Å². The van der Waals surface area contributed by atoms with E-state index in [-0.39, 0.29) is 11.8 Å². The molecule has 4 rings (SSSR count). The van der Waals surface area contributed by atoms with Crippen LogP contribution in [0, 0.1) is 6.92 Å². The minimum absolute atomic E-state index is 0.0122. The second-order valence-corrected chi connectivity index (χ2v) is 8.91. The summed E-state index contributed by atoms with van der Waals surface area (Å²) in [6.07, 6.45) is 1.80. The molecule has 0 aliphatic carbocycles. The van der Waals surface area contributed by atoms with Crippen molar-refractivity contribution in [3.63, 3.8) is 0 Å². The highest BCUT2D eigenvalue weighted by Gasteiger charge is 2.25. The summed E-state index contributed by atoms with van der Waals surface area (Å²) < 4.78 is 0. The number of rotatable bonds is 5. The van der Waals surface area contributed by atoms with Crippen LogP contribution < -0.4 is 5.32 Å². The van der Waals surface area contributed by atoms with Gasteiger partial charge in [0.15, 0.2) is 0 Å². The fourth-order valence-electron chi connectivity index (χ4n) is 3.55. The van der Waals surface area contributed by atoms with Crippen LogP contribution in [-0.2, 0) is 6.54 Å². The van der Waals surface area contributed by atoms with Gasteiger partial charge in [0.1, 0.15) is 0 Å². The number of pyridine rings is 1. The fraction of sp³-hybridized carbons (Fsp3) is 0.261. The summed E-state index contributed by atoms with van der Waals surface area (Å²) in [5.74, 6) is -0.271. The molecule has 0 radical (unpaired) electrons. The van der Waals surface area contributed by atoms with Gasteiger partial charge in [0.2, 0.25) is 0 Å². The number of hydrogen-bond acceptors (Lipinski definition) is 5. The van der Waals surface area contributed by atoms with Crippen LogP contribution in [0.4, 0.5) is 5.00 Å². The molecule has 1 N–H and O–H groups in total. The molecule has 0 atom stereocenters. The van der Waals surface area contributed by atoms with E-state index in [1.807, 2.05) is 36.1 Å². The molecule has 2 aromatic heterocycles. The number of nitrogens with one attached hydrogen (secondary N) is 1. The van der Waals surface area contributed by atoms with E-state index in [1.165, 1.54) is 11.3 Å². The maximum Gasteiger partial charge on any atom is 0.264 e. The molecule has 0 unspecified atom stereocenters. The molecule has 1 fully saturated rings. The Labute approximate surface area is 190 Å². The lowest BCUT2D eigenvalue weighted by Gasteiger charge is -2.34. The predicted molar refractivity (Wildman–Crippen MR) is 124 cm³/mol. The average molecular weight is 455 g/mol. The zero-order chi connectivity index (χ0) is 21.8. The number of nitrogens with zero attached hydrogens (tertiary/aromatic N) is 3. The molecule has 1 saturated heterocycles. The molecule has 6 nitrogen and oxygen atoms in total. The number of halogens is 1. The van der Waals surface area contributed by atoms with Gasteiger partial charge in [0.05, 0.1) is 26.2 Å². The molecule has 0 bridgehead atoms. The van der Waals surface area contributed by atoms with Crippen LogP contribution in [0.1, 0.15) is 31.3 Å². The standard InChI is InChI=1S/C23H23ClN4O2S/c1-16-14-20(26-22(29)18-7-2-3-8-19(18)24)31-21(16)23(30)28-12-10-27(11-13-28)15-17-6-4-5-9-25-17/h2-9,14H,10-13,15H2,1H3,(H,26,29). The van der Waals surface area contributed by atoms with Gasteiger partial charge in [0, 0.05) is 38.9 Å². The number of anilines is 1. The fourth-order valence-corrected chi connectivity index (χ4v) is 4.81. The Morgan fingerprint density at radius 3 is 2.55 bits per heavy atom. The van der Waals surface area contributed by atoms with E-state index in [2.05, 4.69) is 15.2 Å². The summed E-state index contributed by atoms with van der Waals surface area (Å²) in [6.45, 7) is 5.64. The Bertz CT molecular complexity index is 1080. The lowest BCUT2D eigenvalue weighted by atomic mass is 10.2. The molecule has 0 saturated carbocycles. The second-order valence-electron chi connectivity index (χ2n) is 7.45. The largest absolute Gasteiger partial charge is 0.335 e. The molecule has 31 heavy (non-hydrogen) atoms. The molecule has 3 heterocycles. The van der Waals surface area contributed by atoms with Gasteiger partial charge in [-0.1, -0.05) is 29.8 Å². The third kappa shape index (κ3) is 5.12. The summed E-state index contributed by atoms with van der Waals surface area (Å²) in [7, 11) is 0. The molecule has 1 aliphatic rings. The summed E-state index contributed by atoms with van der Waals surface area (Å²) >= 11 is 7.41. The molecule has 1 aliphatic heterocycles. The second kappa shape index (κ2) is 9.60. The van der Waals surface area contributed by atoms with Gasteiger partial charge < -0.3 is 10.2 Å². The van der Waals surface area contributed by atoms with Gasteiger partial charge >= 0.3 is 0 Å². The maximum absolute atomic E-state index is 13.1. The van der Waals surface area contributed by atoms with Gasteiger partial charge in [-0.05, 0) is 42.8 Å². The van der Waals surface area contributed by atoms with Gasteiger partial charge in [-0.2, -0.15) is 0 Å². The highest BCUT2D eigenvalue weighted by molar-refractivity contribution is 7.18.